The molecule has 4 rings (SSSR count). The number of alkyl halides is 1. The van der Waals surface area contributed by atoms with Crippen molar-refractivity contribution in [1.82, 2.24) is 24.8 Å². The standard InChI is InChI=1S/C23H28FN7O/c1-15(2)28-22-14-25-12-20(29-22)18-9-17-10-21(27-13-19(17)26-11-18)30-23(32)16-3-6-31(7-4-16)8-5-24/h9-16H,3-8H2,1-2H3,(H,28,29)(H,27,30,32). The van der Waals surface area contributed by atoms with Crippen LogP contribution >= 0.6 is 0 Å². The molecule has 1 fully saturated rings. The van der Waals surface area contributed by atoms with E-state index in [1.54, 1.807) is 24.8 Å². The normalized spacial score (nSPS) is 15.2. The van der Waals surface area contributed by atoms with Crippen LogP contribution in [-0.2, 0) is 4.79 Å². The number of aromatic nitrogens is 4. The predicted molar refractivity (Wildman–Crippen MR) is 123 cm³/mol. The highest BCUT2D eigenvalue weighted by Crippen LogP contribution is 2.24. The molecule has 0 radical (unpaired) electrons. The van der Waals surface area contributed by atoms with Gasteiger partial charge in [-0.2, -0.15) is 0 Å². The Labute approximate surface area is 186 Å². The Kier molecular flexibility index (Phi) is 6.84. The zero-order valence-corrected chi connectivity index (χ0v) is 18.4. The van der Waals surface area contributed by atoms with E-state index < -0.39 is 0 Å². The van der Waals surface area contributed by atoms with Crippen molar-refractivity contribution in [2.75, 3.05) is 36.9 Å². The summed E-state index contributed by atoms with van der Waals surface area (Å²) in [6.07, 6.45) is 8.25. The fourth-order valence-electron chi connectivity index (χ4n) is 3.88. The van der Waals surface area contributed by atoms with E-state index in [2.05, 4.69) is 35.5 Å². The smallest absolute Gasteiger partial charge is 0.228 e. The van der Waals surface area contributed by atoms with Gasteiger partial charge in [-0.25, -0.2) is 14.4 Å². The maximum absolute atomic E-state index is 12.7. The third-order valence-corrected chi connectivity index (χ3v) is 5.54. The Morgan fingerprint density at radius 2 is 1.94 bits per heavy atom. The molecule has 2 N–H and O–H groups in total. The summed E-state index contributed by atoms with van der Waals surface area (Å²) in [6.45, 7) is 5.66. The van der Waals surface area contributed by atoms with E-state index in [-0.39, 0.29) is 24.5 Å². The number of nitrogens with zero attached hydrogens (tertiary/aromatic N) is 5. The summed E-state index contributed by atoms with van der Waals surface area (Å²) in [4.78, 5) is 32.5. The number of rotatable bonds is 7. The number of likely N-dealkylation sites (tertiary alicyclic amines) is 1. The van der Waals surface area contributed by atoms with Gasteiger partial charge in [0.25, 0.3) is 0 Å². The van der Waals surface area contributed by atoms with Crippen LogP contribution in [0.5, 0.6) is 0 Å². The molecular weight excluding hydrogens is 409 g/mol. The van der Waals surface area contributed by atoms with Crippen molar-refractivity contribution in [2.45, 2.75) is 32.7 Å². The summed E-state index contributed by atoms with van der Waals surface area (Å²) in [6, 6.07) is 4.05. The second-order valence-corrected chi connectivity index (χ2v) is 8.37. The van der Waals surface area contributed by atoms with E-state index in [0.29, 0.717) is 23.9 Å². The molecule has 3 aromatic rings. The van der Waals surface area contributed by atoms with E-state index in [0.717, 1.165) is 42.4 Å². The number of hydrogen-bond donors (Lipinski definition) is 2. The lowest BCUT2D eigenvalue weighted by molar-refractivity contribution is -0.121. The van der Waals surface area contributed by atoms with Crippen LogP contribution in [0.1, 0.15) is 26.7 Å². The summed E-state index contributed by atoms with van der Waals surface area (Å²) in [5, 5.41) is 7.04. The fraction of sp³-hybridized carbons (Fsp3) is 0.435. The SMILES string of the molecule is CC(C)Nc1cncc(-c2cnc3cnc(NC(=O)C4CCN(CCF)CC4)cc3c2)n1. The molecule has 0 atom stereocenters. The van der Waals surface area contributed by atoms with Gasteiger partial charge in [0.2, 0.25) is 5.91 Å². The molecular formula is C23H28FN7O. The van der Waals surface area contributed by atoms with Crippen molar-refractivity contribution in [3.63, 3.8) is 0 Å². The van der Waals surface area contributed by atoms with Crippen LogP contribution in [0.4, 0.5) is 16.0 Å². The van der Waals surface area contributed by atoms with Gasteiger partial charge in [0.1, 0.15) is 18.3 Å². The van der Waals surface area contributed by atoms with E-state index in [4.69, 9.17) is 0 Å². The molecule has 0 unspecified atom stereocenters. The first kappa shape index (κ1) is 22.0. The molecule has 0 bridgehead atoms. The molecule has 0 spiro atoms. The zero-order chi connectivity index (χ0) is 22.5. The average molecular weight is 438 g/mol. The lowest BCUT2D eigenvalue weighted by Crippen LogP contribution is -2.39. The molecule has 4 heterocycles. The molecule has 1 aliphatic rings. The monoisotopic (exact) mass is 437 g/mol. The first-order chi connectivity index (χ1) is 15.5. The lowest BCUT2D eigenvalue weighted by Gasteiger charge is -2.30. The first-order valence-electron chi connectivity index (χ1n) is 11.0. The number of anilines is 2. The molecule has 168 valence electrons. The van der Waals surface area contributed by atoms with Gasteiger partial charge in [-0.1, -0.05) is 0 Å². The largest absolute Gasteiger partial charge is 0.367 e. The average Bonchev–Trinajstić information content (AvgIpc) is 2.79. The number of hydrogen-bond acceptors (Lipinski definition) is 7. The second kappa shape index (κ2) is 9.95. The molecule has 1 amide bonds. The van der Waals surface area contributed by atoms with Crippen molar-refractivity contribution in [1.29, 1.82) is 0 Å². The Bertz CT molecular complexity index is 1080. The Morgan fingerprint density at radius 1 is 1.12 bits per heavy atom. The highest BCUT2D eigenvalue weighted by atomic mass is 19.1. The van der Waals surface area contributed by atoms with E-state index in [9.17, 15) is 9.18 Å². The van der Waals surface area contributed by atoms with Gasteiger partial charge in [0, 0.05) is 35.7 Å². The van der Waals surface area contributed by atoms with Gasteiger partial charge >= 0.3 is 0 Å². The summed E-state index contributed by atoms with van der Waals surface area (Å²) in [5.74, 6) is 1.07. The third-order valence-electron chi connectivity index (χ3n) is 5.54. The number of halogens is 1. The van der Waals surface area contributed by atoms with Crippen LogP contribution in [0, 0.1) is 5.92 Å². The maximum Gasteiger partial charge on any atom is 0.228 e. The van der Waals surface area contributed by atoms with Gasteiger partial charge < -0.3 is 15.5 Å². The number of amides is 1. The Balaban J connectivity index is 1.48. The third kappa shape index (κ3) is 5.34. The minimum atomic E-state index is -0.349. The minimum absolute atomic E-state index is 0.0424. The van der Waals surface area contributed by atoms with Crippen LogP contribution in [0.15, 0.2) is 36.9 Å². The zero-order valence-electron chi connectivity index (χ0n) is 18.4. The molecule has 8 nitrogen and oxygen atoms in total. The Morgan fingerprint density at radius 3 is 2.69 bits per heavy atom. The van der Waals surface area contributed by atoms with Crippen LogP contribution in [0.3, 0.4) is 0 Å². The number of piperidine rings is 1. The second-order valence-electron chi connectivity index (χ2n) is 8.37. The van der Waals surface area contributed by atoms with E-state index in [1.165, 1.54) is 0 Å². The van der Waals surface area contributed by atoms with Gasteiger partial charge in [0.05, 0.1) is 29.8 Å². The number of carbonyl (C=O) groups is 1. The van der Waals surface area contributed by atoms with Crippen LogP contribution in [0.2, 0.25) is 0 Å². The predicted octanol–water partition coefficient (Wildman–Crippen LogP) is 3.53. The van der Waals surface area contributed by atoms with Gasteiger partial charge in [-0.05, 0) is 51.9 Å². The van der Waals surface area contributed by atoms with Gasteiger partial charge in [0.15, 0.2) is 0 Å². The van der Waals surface area contributed by atoms with E-state index in [1.807, 2.05) is 26.0 Å². The van der Waals surface area contributed by atoms with Crippen LogP contribution < -0.4 is 10.6 Å². The molecule has 0 aromatic carbocycles. The van der Waals surface area contributed by atoms with Crippen molar-refractivity contribution >= 4 is 28.4 Å². The fourth-order valence-corrected chi connectivity index (χ4v) is 3.88. The Hall–Kier alpha value is -3.20. The van der Waals surface area contributed by atoms with Gasteiger partial charge in [-0.3, -0.25) is 14.8 Å². The quantitative estimate of drug-likeness (QED) is 0.584. The number of pyridine rings is 2. The van der Waals surface area contributed by atoms with Crippen molar-refractivity contribution < 1.29 is 9.18 Å². The highest BCUT2D eigenvalue weighted by Gasteiger charge is 2.25. The van der Waals surface area contributed by atoms with Crippen LogP contribution in [-0.4, -0.2) is 63.1 Å². The molecule has 1 saturated heterocycles. The maximum atomic E-state index is 12.7. The number of carbonyl (C=O) groups excluding carboxylic acids is 1. The first-order valence-corrected chi connectivity index (χ1v) is 11.0. The summed E-state index contributed by atoms with van der Waals surface area (Å²) < 4.78 is 12.5. The topological polar surface area (TPSA) is 95.9 Å². The number of fused-ring (bicyclic) bond motifs is 1. The van der Waals surface area contributed by atoms with Crippen molar-refractivity contribution in [3.8, 4) is 11.3 Å². The minimum Gasteiger partial charge on any atom is -0.367 e. The molecule has 0 aliphatic carbocycles. The highest BCUT2D eigenvalue weighted by molar-refractivity contribution is 5.94. The summed E-state index contributed by atoms with van der Waals surface area (Å²) in [5.41, 5.74) is 2.28. The van der Waals surface area contributed by atoms with Crippen molar-refractivity contribution in [3.05, 3.63) is 36.9 Å². The molecule has 1 aliphatic heterocycles. The summed E-state index contributed by atoms with van der Waals surface area (Å²) >= 11 is 0. The number of nitrogens with one attached hydrogen (secondary N) is 2. The summed E-state index contributed by atoms with van der Waals surface area (Å²) in [7, 11) is 0. The molecule has 3 aromatic heterocycles. The lowest BCUT2D eigenvalue weighted by atomic mass is 9.96. The van der Waals surface area contributed by atoms with Crippen molar-refractivity contribution in [2.24, 2.45) is 5.92 Å². The van der Waals surface area contributed by atoms with E-state index >= 15 is 0 Å². The molecule has 32 heavy (non-hydrogen) atoms. The van der Waals surface area contributed by atoms with Crippen LogP contribution in [0.25, 0.3) is 22.2 Å². The molecule has 9 heteroatoms. The molecule has 0 saturated carbocycles. The van der Waals surface area contributed by atoms with Gasteiger partial charge in [-0.15, -0.1) is 0 Å².